The van der Waals surface area contributed by atoms with Crippen LogP contribution in [0.3, 0.4) is 0 Å². The molecule has 8 heteroatoms. The van der Waals surface area contributed by atoms with E-state index < -0.39 is 10.0 Å². The zero-order valence-electron chi connectivity index (χ0n) is 18.3. The van der Waals surface area contributed by atoms with E-state index in [1.807, 2.05) is 0 Å². The van der Waals surface area contributed by atoms with E-state index >= 15 is 0 Å². The van der Waals surface area contributed by atoms with E-state index in [0.717, 1.165) is 5.56 Å². The molecule has 1 heterocycles. The molecule has 6 nitrogen and oxygen atoms in total. The topological polar surface area (TPSA) is 67.9 Å². The number of nitrogens with zero attached hydrogens (tertiary/aromatic N) is 1. The molecular formula is C23H31FN2O4S. The first kappa shape index (κ1) is 23.7. The molecule has 1 aliphatic heterocycles. The smallest absolute Gasteiger partial charge is 0.243 e. The van der Waals surface area contributed by atoms with Gasteiger partial charge < -0.3 is 14.8 Å². The minimum Gasteiger partial charge on any atom is -0.492 e. The maximum atomic E-state index is 13.3. The molecule has 1 unspecified atom stereocenters. The highest BCUT2D eigenvalue weighted by molar-refractivity contribution is 7.89. The van der Waals surface area contributed by atoms with Gasteiger partial charge in [0.2, 0.25) is 10.0 Å². The van der Waals surface area contributed by atoms with Crippen molar-refractivity contribution in [3.63, 3.8) is 0 Å². The van der Waals surface area contributed by atoms with Gasteiger partial charge in [0, 0.05) is 25.7 Å². The maximum Gasteiger partial charge on any atom is 0.243 e. The second-order valence-electron chi connectivity index (χ2n) is 8.64. The van der Waals surface area contributed by atoms with Gasteiger partial charge >= 0.3 is 0 Å². The van der Waals surface area contributed by atoms with Crippen molar-refractivity contribution in [3.8, 4) is 5.75 Å². The number of rotatable bonds is 8. The van der Waals surface area contributed by atoms with E-state index in [1.54, 1.807) is 36.4 Å². The highest BCUT2D eigenvalue weighted by Gasteiger charge is 2.27. The van der Waals surface area contributed by atoms with Gasteiger partial charge in [0.15, 0.2) is 0 Å². The van der Waals surface area contributed by atoms with Gasteiger partial charge in [-0.2, -0.15) is 4.31 Å². The van der Waals surface area contributed by atoms with Gasteiger partial charge in [-0.15, -0.1) is 0 Å². The summed E-state index contributed by atoms with van der Waals surface area (Å²) in [7, 11) is -3.51. The fourth-order valence-electron chi connectivity index (χ4n) is 3.60. The van der Waals surface area contributed by atoms with Crippen LogP contribution in [0, 0.1) is 11.2 Å². The normalized spacial score (nSPS) is 16.8. The second kappa shape index (κ2) is 10.1. The second-order valence-corrected chi connectivity index (χ2v) is 10.6. The Morgan fingerprint density at radius 2 is 1.68 bits per heavy atom. The predicted molar refractivity (Wildman–Crippen MR) is 118 cm³/mol. The molecule has 2 aromatic rings. The van der Waals surface area contributed by atoms with Crippen LogP contribution < -0.4 is 10.1 Å². The minimum absolute atomic E-state index is 0.0396. The molecule has 1 aliphatic rings. The zero-order chi connectivity index (χ0) is 22.5. The minimum atomic E-state index is -3.51. The van der Waals surface area contributed by atoms with Crippen LogP contribution in [0.1, 0.15) is 32.4 Å². The van der Waals surface area contributed by atoms with Gasteiger partial charge in [-0.3, -0.25) is 0 Å². The Labute approximate surface area is 184 Å². The van der Waals surface area contributed by atoms with Crippen molar-refractivity contribution in [2.24, 2.45) is 5.41 Å². The van der Waals surface area contributed by atoms with Gasteiger partial charge in [-0.05, 0) is 47.4 Å². The Bertz CT molecular complexity index is 935. The van der Waals surface area contributed by atoms with E-state index in [1.165, 1.54) is 16.4 Å². The molecule has 0 amide bonds. The third kappa shape index (κ3) is 6.26. The van der Waals surface area contributed by atoms with Crippen molar-refractivity contribution in [2.45, 2.75) is 31.7 Å². The molecule has 0 saturated carbocycles. The summed E-state index contributed by atoms with van der Waals surface area (Å²) in [5.41, 5.74) is 0.958. The third-order valence-corrected chi connectivity index (χ3v) is 7.13. The monoisotopic (exact) mass is 450 g/mol. The average Bonchev–Trinajstić information content (AvgIpc) is 2.75. The molecule has 1 saturated heterocycles. The number of sulfonamides is 1. The lowest BCUT2D eigenvalue weighted by atomic mass is 9.82. The maximum absolute atomic E-state index is 13.3. The van der Waals surface area contributed by atoms with Crippen LogP contribution in [0.25, 0.3) is 0 Å². The SMILES string of the molecule is CC(C)(C)C(NCCOc1ccc(S(=O)(=O)N2CCOCC2)cc1)c1ccc(F)cc1. The number of hydrogen-bond acceptors (Lipinski definition) is 5. The van der Waals surface area contributed by atoms with E-state index in [4.69, 9.17) is 9.47 Å². The molecule has 0 aliphatic carbocycles. The van der Waals surface area contributed by atoms with Crippen LogP contribution in [-0.2, 0) is 14.8 Å². The summed E-state index contributed by atoms with van der Waals surface area (Å²) in [6, 6.07) is 13.1. The van der Waals surface area contributed by atoms with Gasteiger partial charge in [0.25, 0.3) is 0 Å². The fraction of sp³-hybridized carbons (Fsp3) is 0.478. The Balaban J connectivity index is 1.54. The Kier molecular flexibility index (Phi) is 7.69. The predicted octanol–water partition coefficient (Wildman–Crippen LogP) is 3.60. The van der Waals surface area contributed by atoms with Crippen molar-refractivity contribution in [1.82, 2.24) is 9.62 Å². The third-order valence-electron chi connectivity index (χ3n) is 5.22. The molecule has 1 fully saturated rings. The molecule has 170 valence electrons. The fourth-order valence-corrected chi connectivity index (χ4v) is 5.00. The zero-order valence-corrected chi connectivity index (χ0v) is 19.1. The van der Waals surface area contributed by atoms with Crippen LogP contribution in [-0.4, -0.2) is 52.2 Å². The molecule has 2 aromatic carbocycles. The molecule has 1 atom stereocenters. The number of benzene rings is 2. The molecule has 0 aromatic heterocycles. The summed E-state index contributed by atoms with van der Waals surface area (Å²) in [4.78, 5) is 0.254. The lowest BCUT2D eigenvalue weighted by molar-refractivity contribution is 0.0730. The number of ether oxygens (including phenoxy) is 2. The van der Waals surface area contributed by atoms with Crippen molar-refractivity contribution >= 4 is 10.0 Å². The van der Waals surface area contributed by atoms with Crippen LogP contribution >= 0.6 is 0 Å². The Hall–Kier alpha value is -2.00. The van der Waals surface area contributed by atoms with Gasteiger partial charge in [0.1, 0.15) is 18.2 Å². The first-order valence-electron chi connectivity index (χ1n) is 10.5. The summed E-state index contributed by atoms with van der Waals surface area (Å²) in [6.07, 6.45) is 0. The first-order valence-corrected chi connectivity index (χ1v) is 11.9. The largest absolute Gasteiger partial charge is 0.492 e. The molecule has 0 spiro atoms. The summed E-state index contributed by atoms with van der Waals surface area (Å²) in [5, 5.41) is 3.48. The molecular weight excluding hydrogens is 419 g/mol. The standard InChI is InChI=1S/C23H31FN2O4S/c1-23(2,3)22(18-4-6-19(24)7-5-18)25-12-15-30-20-8-10-21(11-9-20)31(27,28)26-13-16-29-17-14-26/h4-11,22,25H,12-17H2,1-3H3. The molecule has 1 N–H and O–H groups in total. The summed E-state index contributed by atoms with van der Waals surface area (Å²) in [6.45, 7) is 8.97. The van der Waals surface area contributed by atoms with E-state index in [-0.39, 0.29) is 22.2 Å². The first-order chi connectivity index (χ1) is 14.7. The summed E-state index contributed by atoms with van der Waals surface area (Å²) < 4.78 is 51.1. The van der Waals surface area contributed by atoms with E-state index in [2.05, 4.69) is 26.1 Å². The van der Waals surface area contributed by atoms with Crippen molar-refractivity contribution < 1.29 is 22.3 Å². The summed E-state index contributed by atoms with van der Waals surface area (Å²) >= 11 is 0. The van der Waals surface area contributed by atoms with Crippen LogP contribution in [0.4, 0.5) is 4.39 Å². The van der Waals surface area contributed by atoms with Gasteiger partial charge in [0.05, 0.1) is 18.1 Å². The summed E-state index contributed by atoms with van der Waals surface area (Å²) in [5.74, 6) is 0.357. The Morgan fingerprint density at radius 3 is 2.26 bits per heavy atom. The van der Waals surface area contributed by atoms with Crippen LogP contribution in [0.15, 0.2) is 53.4 Å². The number of hydrogen-bond donors (Lipinski definition) is 1. The van der Waals surface area contributed by atoms with Crippen molar-refractivity contribution in [1.29, 1.82) is 0 Å². The van der Waals surface area contributed by atoms with E-state index in [9.17, 15) is 12.8 Å². The van der Waals surface area contributed by atoms with Gasteiger partial charge in [-0.1, -0.05) is 32.9 Å². The number of nitrogens with one attached hydrogen (secondary N) is 1. The number of morpholine rings is 1. The highest BCUT2D eigenvalue weighted by atomic mass is 32.2. The lowest BCUT2D eigenvalue weighted by Gasteiger charge is -2.32. The molecule has 31 heavy (non-hydrogen) atoms. The number of halogens is 1. The Morgan fingerprint density at radius 1 is 1.06 bits per heavy atom. The van der Waals surface area contributed by atoms with Crippen LogP contribution in [0.5, 0.6) is 5.75 Å². The van der Waals surface area contributed by atoms with Crippen LogP contribution in [0.2, 0.25) is 0 Å². The van der Waals surface area contributed by atoms with E-state index in [0.29, 0.717) is 45.2 Å². The van der Waals surface area contributed by atoms with Gasteiger partial charge in [-0.25, -0.2) is 12.8 Å². The average molecular weight is 451 g/mol. The quantitative estimate of drug-likeness (QED) is 0.623. The molecule has 3 rings (SSSR count). The molecule has 0 radical (unpaired) electrons. The van der Waals surface area contributed by atoms with Crippen molar-refractivity contribution in [2.75, 3.05) is 39.5 Å². The molecule has 0 bridgehead atoms. The lowest BCUT2D eigenvalue weighted by Crippen LogP contribution is -2.40. The van der Waals surface area contributed by atoms with Crippen molar-refractivity contribution in [3.05, 3.63) is 59.9 Å². The highest BCUT2D eigenvalue weighted by Crippen LogP contribution is 2.32.